The second-order valence-corrected chi connectivity index (χ2v) is 3.54. The van der Waals surface area contributed by atoms with Gasteiger partial charge in [-0.05, 0) is 0 Å². The zero-order valence-electron chi connectivity index (χ0n) is 9.19. The van der Waals surface area contributed by atoms with E-state index < -0.39 is 31.3 Å². The normalized spacial score (nSPS) is 11.0. The average molecular weight is 234 g/mol. The van der Waals surface area contributed by atoms with Crippen LogP contribution in [0.15, 0.2) is 0 Å². The van der Waals surface area contributed by atoms with Crippen molar-refractivity contribution < 1.29 is 24.9 Å². The summed E-state index contributed by atoms with van der Waals surface area (Å²) in [5.41, 5.74) is -1.41. The fourth-order valence-corrected chi connectivity index (χ4v) is 0.979. The van der Waals surface area contributed by atoms with Gasteiger partial charge in [0.1, 0.15) is 5.54 Å². The maximum absolute atomic E-state index is 11.3. The molecule has 2 amide bonds. The lowest BCUT2D eigenvalue weighted by molar-refractivity contribution is -0.125. The standard InChI is InChI=1S/C9H18N2O5/c1-7(15)10-3-2-8(16)11-9(4-12,5-13)6-14/h12-14H,2-6H2,1H3,(H,10,15)(H,11,16). The lowest BCUT2D eigenvalue weighted by atomic mass is 10.0. The number of hydrogen-bond donors (Lipinski definition) is 5. The molecule has 0 fully saturated rings. The molecular weight excluding hydrogens is 216 g/mol. The molecule has 0 radical (unpaired) electrons. The number of aliphatic hydroxyl groups is 3. The van der Waals surface area contributed by atoms with Crippen LogP contribution in [0.1, 0.15) is 13.3 Å². The number of carbonyl (C=O) groups is 2. The second kappa shape index (κ2) is 7.15. The molecule has 0 rings (SSSR count). The summed E-state index contributed by atoms with van der Waals surface area (Å²) in [7, 11) is 0. The fraction of sp³-hybridized carbons (Fsp3) is 0.778. The molecule has 0 aliphatic carbocycles. The molecule has 0 aromatic heterocycles. The van der Waals surface area contributed by atoms with Crippen molar-refractivity contribution in [1.82, 2.24) is 10.6 Å². The third-order valence-corrected chi connectivity index (χ3v) is 2.04. The fourth-order valence-electron chi connectivity index (χ4n) is 0.979. The van der Waals surface area contributed by atoms with Crippen LogP contribution in [0, 0.1) is 0 Å². The monoisotopic (exact) mass is 234 g/mol. The number of carbonyl (C=O) groups excluding carboxylic acids is 2. The first-order valence-corrected chi connectivity index (χ1v) is 4.87. The third kappa shape index (κ3) is 5.06. The molecule has 0 aliphatic rings. The zero-order valence-corrected chi connectivity index (χ0v) is 9.19. The van der Waals surface area contributed by atoms with Gasteiger partial charge in [-0.25, -0.2) is 0 Å². The highest BCUT2D eigenvalue weighted by molar-refractivity contribution is 5.78. The highest BCUT2D eigenvalue weighted by Gasteiger charge is 2.29. The molecule has 0 atom stereocenters. The lowest BCUT2D eigenvalue weighted by Gasteiger charge is -2.28. The Morgan fingerprint density at radius 1 is 1.12 bits per heavy atom. The molecule has 0 aliphatic heterocycles. The molecule has 0 heterocycles. The van der Waals surface area contributed by atoms with Gasteiger partial charge in [0.05, 0.1) is 19.8 Å². The molecule has 0 unspecified atom stereocenters. The smallest absolute Gasteiger partial charge is 0.222 e. The predicted molar refractivity (Wildman–Crippen MR) is 55.4 cm³/mol. The van der Waals surface area contributed by atoms with Crippen LogP contribution in [0.3, 0.4) is 0 Å². The summed E-state index contributed by atoms with van der Waals surface area (Å²) in [6.07, 6.45) is 0.0152. The van der Waals surface area contributed by atoms with Crippen LogP contribution >= 0.6 is 0 Å². The van der Waals surface area contributed by atoms with Gasteiger partial charge in [0.25, 0.3) is 0 Å². The summed E-state index contributed by atoms with van der Waals surface area (Å²) in [5.74, 6) is -0.712. The summed E-state index contributed by atoms with van der Waals surface area (Å²) in [4.78, 5) is 21.8. The highest BCUT2D eigenvalue weighted by atomic mass is 16.3. The van der Waals surface area contributed by atoms with Gasteiger partial charge in [-0.1, -0.05) is 0 Å². The quantitative estimate of drug-likeness (QED) is 0.329. The minimum Gasteiger partial charge on any atom is -0.394 e. The summed E-state index contributed by atoms with van der Waals surface area (Å²) < 4.78 is 0. The minimum atomic E-state index is -1.41. The van der Waals surface area contributed by atoms with Crippen LogP contribution < -0.4 is 10.6 Å². The average Bonchev–Trinajstić information content (AvgIpc) is 2.25. The van der Waals surface area contributed by atoms with Gasteiger partial charge in [-0.15, -0.1) is 0 Å². The van der Waals surface area contributed by atoms with Crippen LogP contribution in [0.2, 0.25) is 0 Å². The number of nitrogens with one attached hydrogen (secondary N) is 2. The second-order valence-electron chi connectivity index (χ2n) is 3.54. The molecular formula is C9H18N2O5. The van der Waals surface area contributed by atoms with Crippen LogP contribution in [0.5, 0.6) is 0 Å². The van der Waals surface area contributed by atoms with E-state index in [2.05, 4.69) is 10.6 Å². The topological polar surface area (TPSA) is 119 Å². The van der Waals surface area contributed by atoms with Gasteiger partial charge >= 0.3 is 0 Å². The predicted octanol–water partition coefficient (Wildman–Crippen LogP) is -2.66. The van der Waals surface area contributed by atoms with Gasteiger partial charge in [0.15, 0.2) is 0 Å². The molecule has 0 aromatic carbocycles. The van der Waals surface area contributed by atoms with Gasteiger partial charge in [-0.2, -0.15) is 0 Å². The van der Waals surface area contributed by atoms with E-state index in [9.17, 15) is 9.59 Å². The van der Waals surface area contributed by atoms with Gasteiger partial charge < -0.3 is 26.0 Å². The first kappa shape index (κ1) is 14.8. The van der Waals surface area contributed by atoms with E-state index in [1.807, 2.05) is 0 Å². The Morgan fingerprint density at radius 3 is 2.00 bits per heavy atom. The maximum Gasteiger partial charge on any atom is 0.222 e. The number of rotatable bonds is 7. The molecule has 7 heteroatoms. The van der Waals surface area contributed by atoms with Crippen molar-refractivity contribution in [1.29, 1.82) is 0 Å². The van der Waals surface area contributed by atoms with E-state index in [-0.39, 0.29) is 18.9 Å². The van der Waals surface area contributed by atoms with Crippen LogP contribution in [-0.4, -0.2) is 59.0 Å². The van der Waals surface area contributed by atoms with Crippen molar-refractivity contribution in [2.75, 3.05) is 26.4 Å². The molecule has 0 spiro atoms. The Hall–Kier alpha value is -1.18. The van der Waals surface area contributed by atoms with E-state index in [0.717, 1.165) is 0 Å². The van der Waals surface area contributed by atoms with Gasteiger partial charge in [-0.3, -0.25) is 9.59 Å². The highest BCUT2D eigenvalue weighted by Crippen LogP contribution is 2.01. The zero-order chi connectivity index (χ0) is 12.6. The SMILES string of the molecule is CC(=O)NCCC(=O)NC(CO)(CO)CO. The maximum atomic E-state index is 11.3. The Kier molecular flexibility index (Phi) is 6.63. The van der Waals surface area contributed by atoms with E-state index in [4.69, 9.17) is 15.3 Å². The van der Waals surface area contributed by atoms with Crippen molar-refractivity contribution in [3.63, 3.8) is 0 Å². The van der Waals surface area contributed by atoms with Crippen molar-refractivity contribution in [2.24, 2.45) is 0 Å². The van der Waals surface area contributed by atoms with Crippen LogP contribution in [0.4, 0.5) is 0 Å². The van der Waals surface area contributed by atoms with Crippen molar-refractivity contribution in [3.05, 3.63) is 0 Å². The van der Waals surface area contributed by atoms with E-state index in [1.54, 1.807) is 0 Å². The van der Waals surface area contributed by atoms with E-state index in [1.165, 1.54) is 6.92 Å². The number of amides is 2. The summed E-state index contributed by atoms with van der Waals surface area (Å²) >= 11 is 0. The first-order valence-electron chi connectivity index (χ1n) is 4.87. The lowest BCUT2D eigenvalue weighted by Crippen LogP contribution is -2.57. The van der Waals surface area contributed by atoms with Crippen LogP contribution in [-0.2, 0) is 9.59 Å². The van der Waals surface area contributed by atoms with E-state index in [0.29, 0.717) is 0 Å². The van der Waals surface area contributed by atoms with Crippen molar-refractivity contribution >= 4 is 11.8 Å². The van der Waals surface area contributed by atoms with Gasteiger partial charge in [0, 0.05) is 19.9 Å². The Bertz CT molecular complexity index is 232. The molecule has 0 saturated heterocycles. The van der Waals surface area contributed by atoms with Gasteiger partial charge in [0.2, 0.25) is 11.8 Å². The number of hydrogen-bond acceptors (Lipinski definition) is 5. The largest absolute Gasteiger partial charge is 0.394 e. The molecule has 0 saturated carbocycles. The Labute approximate surface area is 93.5 Å². The Balaban J connectivity index is 4.05. The molecule has 7 nitrogen and oxygen atoms in total. The van der Waals surface area contributed by atoms with Crippen molar-refractivity contribution in [2.45, 2.75) is 18.9 Å². The summed E-state index contributed by atoms with van der Waals surface area (Å²) in [5, 5.41) is 31.5. The van der Waals surface area contributed by atoms with Crippen molar-refractivity contribution in [3.8, 4) is 0 Å². The summed E-state index contributed by atoms with van der Waals surface area (Å²) in [6, 6.07) is 0. The third-order valence-electron chi connectivity index (χ3n) is 2.04. The molecule has 0 aromatic rings. The minimum absolute atomic E-state index is 0.0152. The molecule has 5 N–H and O–H groups in total. The van der Waals surface area contributed by atoms with Crippen LogP contribution in [0.25, 0.3) is 0 Å². The molecule has 0 bridgehead atoms. The molecule has 94 valence electrons. The summed E-state index contributed by atoms with van der Waals surface area (Å²) in [6.45, 7) is -0.194. The molecule has 16 heavy (non-hydrogen) atoms. The van der Waals surface area contributed by atoms with E-state index >= 15 is 0 Å². The first-order chi connectivity index (χ1) is 7.49. The Morgan fingerprint density at radius 2 is 1.62 bits per heavy atom. The number of aliphatic hydroxyl groups excluding tert-OH is 3.